The van der Waals surface area contributed by atoms with E-state index in [-0.39, 0.29) is 35.5 Å². The molecule has 2 bridgehead atoms. The van der Waals surface area contributed by atoms with Crippen LogP contribution < -0.4 is 4.90 Å². The van der Waals surface area contributed by atoms with Gasteiger partial charge in [-0.3, -0.25) is 9.59 Å². The van der Waals surface area contributed by atoms with E-state index in [1.807, 2.05) is 24.3 Å². The number of para-hydroxylation sites is 1. The van der Waals surface area contributed by atoms with Crippen LogP contribution in [0.5, 0.6) is 0 Å². The number of imide groups is 1. The minimum absolute atomic E-state index is 0.00148. The number of carbonyl (C=O) groups excluding carboxylic acids is 2. The zero-order valence-corrected chi connectivity index (χ0v) is 12.9. The minimum Gasteiger partial charge on any atom is -0.274 e. The van der Waals surface area contributed by atoms with Gasteiger partial charge in [-0.25, -0.2) is 4.90 Å². The average molecular weight is 344 g/mol. The van der Waals surface area contributed by atoms with Crippen LogP contribution in [0.4, 0.5) is 5.69 Å². The van der Waals surface area contributed by atoms with Crippen molar-refractivity contribution < 1.29 is 9.59 Å². The molecule has 1 heterocycles. The molecule has 1 saturated heterocycles. The number of anilines is 1. The van der Waals surface area contributed by atoms with E-state index in [1.54, 1.807) is 0 Å². The number of benzene rings is 1. The van der Waals surface area contributed by atoms with E-state index in [9.17, 15) is 9.59 Å². The first-order valence-electron chi connectivity index (χ1n) is 7.49. The van der Waals surface area contributed by atoms with Crippen LogP contribution in [0.15, 0.2) is 40.9 Å². The zero-order chi connectivity index (χ0) is 14.3. The summed E-state index contributed by atoms with van der Waals surface area (Å²) in [7, 11) is 0. The average Bonchev–Trinajstić information content (AvgIpc) is 3.26. The smallest absolute Gasteiger partial charge is 0.238 e. The summed E-state index contributed by atoms with van der Waals surface area (Å²) in [5.74, 6) is 1.63. The van der Waals surface area contributed by atoms with Crippen molar-refractivity contribution >= 4 is 33.4 Å². The van der Waals surface area contributed by atoms with Crippen LogP contribution >= 0.6 is 15.9 Å². The topological polar surface area (TPSA) is 37.4 Å². The summed E-state index contributed by atoms with van der Waals surface area (Å²) in [6, 6.07) is 7.48. The number of hydrogen-bond donors (Lipinski definition) is 0. The third-order valence-corrected chi connectivity index (χ3v) is 6.43. The Morgan fingerprint density at radius 3 is 2.10 bits per heavy atom. The molecule has 0 radical (unpaired) electrons. The van der Waals surface area contributed by atoms with Gasteiger partial charge in [-0.2, -0.15) is 0 Å². The lowest BCUT2D eigenvalue weighted by molar-refractivity contribution is -0.124. The molecule has 1 aliphatic heterocycles. The Labute approximate surface area is 131 Å². The molecule has 4 heteroatoms. The van der Waals surface area contributed by atoms with Crippen molar-refractivity contribution in [1.29, 1.82) is 0 Å². The maximum Gasteiger partial charge on any atom is 0.238 e. The quantitative estimate of drug-likeness (QED) is 0.580. The predicted molar refractivity (Wildman–Crippen MR) is 81.3 cm³/mol. The number of rotatable bonds is 1. The van der Waals surface area contributed by atoms with E-state index in [4.69, 9.17) is 0 Å². The molecule has 3 nitrogen and oxygen atoms in total. The van der Waals surface area contributed by atoms with Gasteiger partial charge < -0.3 is 0 Å². The van der Waals surface area contributed by atoms with Crippen LogP contribution in [0, 0.1) is 35.5 Å². The first kappa shape index (κ1) is 12.2. The van der Waals surface area contributed by atoms with E-state index in [2.05, 4.69) is 28.1 Å². The standard InChI is InChI=1S/C17H14BrNO2/c18-12-3-1-2-4-13(12)19-16(20)14-8-5-6-9(11-7-10(8)11)15(14)17(19)21/h1-6,8-11,14-15H,7H2/t8-,9+,10-,11-,14+,15+/m1/s1. The molecular weight excluding hydrogens is 330 g/mol. The van der Waals surface area contributed by atoms with Gasteiger partial charge in [0.15, 0.2) is 0 Å². The lowest BCUT2D eigenvalue weighted by atomic mass is 9.63. The summed E-state index contributed by atoms with van der Waals surface area (Å²) in [4.78, 5) is 27.2. The van der Waals surface area contributed by atoms with Crippen molar-refractivity contribution in [2.45, 2.75) is 6.42 Å². The second-order valence-electron chi connectivity index (χ2n) is 6.62. The summed E-state index contributed by atoms with van der Waals surface area (Å²) in [5.41, 5.74) is 0.690. The van der Waals surface area contributed by atoms with E-state index >= 15 is 0 Å². The molecular formula is C17H14BrNO2. The van der Waals surface area contributed by atoms with Gasteiger partial charge in [-0.1, -0.05) is 24.3 Å². The monoisotopic (exact) mass is 343 g/mol. The Balaban J connectivity index is 1.62. The van der Waals surface area contributed by atoms with E-state index < -0.39 is 0 Å². The fraction of sp³-hybridized carbons (Fsp3) is 0.412. The summed E-state index contributed by atoms with van der Waals surface area (Å²) in [6.45, 7) is 0. The lowest BCUT2D eigenvalue weighted by Crippen LogP contribution is -2.40. The number of amides is 2. The molecule has 0 N–H and O–H groups in total. The van der Waals surface area contributed by atoms with E-state index in [0.717, 1.165) is 4.47 Å². The fourth-order valence-corrected chi connectivity index (χ4v) is 5.29. The first-order valence-corrected chi connectivity index (χ1v) is 8.28. The van der Waals surface area contributed by atoms with Crippen molar-refractivity contribution in [1.82, 2.24) is 0 Å². The van der Waals surface area contributed by atoms with E-state index in [0.29, 0.717) is 17.5 Å². The highest BCUT2D eigenvalue weighted by molar-refractivity contribution is 9.10. The molecule has 0 unspecified atom stereocenters. The Bertz CT molecular complexity index is 676. The molecule has 2 saturated carbocycles. The molecule has 106 valence electrons. The van der Waals surface area contributed by atoms with Gasteiger partial charge in [0, 0.05) is 4.47 Å². The molecule has 0 spiro atoms. The highest BCUT2D eigenvalue weighted by atomic mass is 79.9. The first-order chi connectivity index (χ1) is 10.2. The van der Waals surface area contributed by atoms with Crippen LogP contribution in [0.3, 0.4) is 0 Å². The fourth-order valence-electron chi connectivity index (χ4n) is 4.83. The van der Waals surface area contributed by atoms with Crippen molar-refractivity contribution in [3.63, 3.8) is 0 Å². The maximum atomic E-state index is 12.9. The van der Waals surface area contributed by atoms with Gasteiger partial charge in [0.1, 0.15) is 0 Å². The van der Waals surface area contributed by atoms with Gasteiger partial charge in [-0.05, 0) is 58.2 Å². The Morgan fingerprint density at radius 2 is 1.52 bits per heavy atom. The van der Waals surface area contributed by atoms with Gasteiger partial charge >= 0.3 is 0 Å². The Kier molecular flexibility index (Phi) is 2.23. The van der Waals surface area contributed by atoms with Crippen molar-refractivity contribution in [2.75, 3.05) is 4.90 Å². The van der Waals surface area contributed by atoms with Crippen molar-refractivity contribution in [2.24, 2.45) is 35.5 Å². The van der Waals surface area contributed by atoms with Crippen LogP contribution in [0.1, 0.15) is 6.42 Å². The molecule has 0 aromatic heterocycles. The van der Waals surface area contributed by atoms with Crippen LogP contribution in [0.2, 0.25) is 0 Å². The Morgan fingerprint density at radius 1 is 0.952 bits per heavy atom. The second-order valence-corrected chi connectivity index (χ2v) is 7.47. The zero-order valence-electron chi connectivity index (χ0n) is 11.3. The number of halogens is 1. The predicted octanol–water partition coefficient (Wildman–Crippen LogP) is 3.01. The molecule has 1 aromatic rings. The number of hydrogen-bond acceptors (Lipinski definition) is 2. The molecule has 5 aliphatic rings. The molecule has 21 heavy (non-hydrogen) atoms. The van der Waals surface area contributed by atoms with Gasteiger partial charge in [0.25, 0.3) is 0 Å². The molecule has 2 amide bonds. The summed E-state index contributed by atoms with van der Waals surface area (Å²) >= 11 is 3.47. The van der Waals surface area contributed by atoms with Gasteiger partial charge in [0.05, 0.1) is 17.5 Å². The highest BCUT2D eigenvalue weighted by Crippen LogP contribution is 2.65. The molecule has 3 fully saturated rings. The highest BCUT2D eigenvalue weighted by Gasteiger charge is 2.67. The summed E-state index contributed by atoms with van der Waals surface area (Å²) < 4.78 is 0.802. The van der Waals surface area contributed by atoms with Gasteiger partial charge in [-0.15, -0.1) is 0 Å². The number of carbonyl (C=O) groups is 2. The Hall–Kier alpha value is -1.42. The lowest BCUT2D eigenvalue weighted by Gasteiger charge is -2.37. The third kappa shape index (κ3) is 1.39. The molecule has 4 aliphatic carbocycles. The molecule has 6 rings (SSSR count). The van der Waals surface area contributed by atoms with Crippen LogP contribution in [-0.4, -0.2) is 11.8 Å². The van der Waals surface area contributed by atoms with Crippen LogP contribution in [-0.2, 0) is 9.59 Å². The second kappa shape index (κ2) is 3.86. The van der Waals surface area contributed by atoms with E-state index in [1.165, 1.54) is 11.3 Å². The van der Waals surface area contributed by atoms with Crippen molar-refractivity contribution in [3.8, 4) is 0 Å². The minimum atomic E-state index is -0.122. The van der Waals surface area contributed by atoms with Crippen LogP contribution in [0.25, 0.3) is 0 Å². The third-order valence-electron chi connectivity index (χ3n) is 5.76. The van der Waals surface area contributed by atoms with Gasteiger partial charge in [0.2, 0.25) is 11.8 Å². The summed E-state index contributed by atoms with van der Waals surface area (Å²) in [6.07, 6.45) is 5.61. The normalized spacial score (nSPS) is 42.2. The number of allylic oxidation sites excluding steroid dienone is 2. The number of nitrogens with zero attached hydrogens (tertiary/aromatic N) is 1. The molecule has 1 aromatic carbocycles. The maximum absolute atomic E-state index is 12.9. The summed E-state index contributed by atoms with van der Waals surface area (Å²) in [5, 5.41) is 0. The largest absolute Gasteiger partial charge is 0.274 e. The van der Waals surface area contributed by atoms with Crippen molar-refractivity contribution in [3.05, 3.63) is 40.9 Å². The SMILES string of the molecule is O=C1[C@H]2[C@@H]3C=C[C@@H]([C@H]4C[C@H]34)[C@@H]2C(=O)N1c1ccccc1Br. The molecule has 6 atom stereocenters.